The molecule has 1 amide bonds. The summed E-state index contributed by atoms with van der Waals surface area (Å²) in [5.74, 6) is 0.771. The number of thioether (sulfide) groups is 1. The number of benzene rings is 1. The lowest BCUT2D eigenvalue weighted by Crippen LogP contribution is -2.19. The number of nitrogens with zero attached hydrogens (tertiary/aromatic N) is 4. The van der Waals surface area contributed by atoms with Gasteiger partial charge in [0, 0.05) is 12.6 Å². The Morgan fingerprint density at radius 1 is 1.29 bits per heavy atom. The molecule has 1 saturated carbocycles. The van der Waals surface area contributed by atoms with Crippen LogP contribution in [0.4, 0.5) is 5.82 Å². The summed E-state index contributed by atoms with van der Waals surface area (Å²) in [6.45, 7) is 2.76. The summed E-state index contributed by atoms with van der Waals surface area (Å²) in [6, 6.07) is 6.84. The number of rotatable bonds is 8. The van der Waals surface area contributed by atoms with Crippen LogP contribution in [0, 0.1) is 0 Å². The van der Waals surface area contributed by atoms with Crippen molar-refractivity contribution in [2.75, 3.05) is 11.1 Å². The van der Waals surface area contributed by atoms with Gasteiger partial charge in [-0.1, -0.05) is 31.5 Å². The van der Waals surface area contributed by atoms with Crippen molar-refractivity contribution < 1.29 is 13.2 Å². The van der Waals surface area contributed by atoms with Crippen molar-refractivity contribution in [2.45, 2.75) is 61.7 Å². The number of primary sulfonamides is 1. The van der Waals surface area contributed by atoms with Gasteiger partial charge in [0.1, 0.15) is 5.82 Å². The molecule has 0 atom stereocenters. The summed E-state index contributed by atoms with van der Waals surface area (Å²) >= 11 is 1.32. The zero-order valence-electron chi connectivity index (χ0n) is 17.3. The van der Waals surface area contributed by atoms with Crippen molar-refractivity contribution in [3.63, 3.8) is 0 Å². The van der Waals surface area contributed by atoms with Crippen LogP contribution in [0.25, 0.3) is 11.0 Å². The van der Waals surface area contributed by atoms with Crippen LogP contribution in [0.5, 0.6) is 0 Å². The number of carbonyl (C=O) groups excluding carboxylic acids is 1. The van der Waals surface area contributed by atoms with E-state index in [9.17, 15) is 13.2 Å². The topological polar surface area (TPSA) is 125 Å². The van der Waals surface area contributed by atoms with Crippen molar-refractivity contribution in [3.8, 4) is 0 Å². The van der Waals surface area contributed by atoms with Crippen molar-refractivity contribution in [3.05, 3.63) is 30.5 Å². The quantitative estimate of drug-likeness (QED) is 0.496. The van der Waals surface area contributed by atoms with Gasteiger partial charge in [-0.25, -0.2) is 23.2 Å². The lowest BCUT2D eigenvalue weighted by molar-refractivity contribution is -0.113. The molecule has 1 aromatic carbocycles. The molecular weight excluding hydrogens is 436 g/mol. The summed E-state index contributed by atoms with van der Waals surface area (Å²) in [7, 11) is -3.80. The average Bonchev–Trinajstić information content (AvgIpc) is 3.45. The number of amides is 1. The molecule has 0 unspecified atom stereocenters. The van der Waals surface area contributed by atoms with Crippen LogP contribution in [0.1, 0.15) is 45.1 Å². The van der Waals surface area contributed by atoms with Gasteiger partial charge >= 0.3 is 0 Å². The highest BCUT2D eigenvalue weighted by Gasteiger charge is 2.21. The molecule has 1 aliphatic rings. The second kappa shape index (κ2) is 9.01. The van der Waals surface area contributed by atoms with Crippen LogP contribution in [0.15, 0.2) is 40.5 Å². The normalized spacial score (nSPS) is 15.0. The zero-order chi connectivity index (χ0) is 22.0. The molecule has 166 valence electrons. The molecule has 1 fully saturated rings. The van der Waals surface area contributed by atoms with E-state index in [-0.39, 0.29) is 16.6 Å². The van der Waals surface area contributed by atoms with Crippen molar-refractivity contribution >= 4 is 44.5 Å². The van der Waals surface area contributed by atoms with Crippen LogP contribution in [-0.4, -0.2) is 39.4 Å². The minimum absolute atomic E-state index is 0.0237. The van der Waals surface area contributed by atoms with E-state index in [0.717, 1.165) is 30.6 Å². The predicted molar refractivity (Wildman–Crippen MR) is 120 cm³/mol. The first kappa shape index (κ1) is 21.8. The molecule has 0 spiro atoms. The van der Waals surface area contributed by atoms with Gasteiger partial charge < -0.3 is 9.88 Å². The van der Waals surface area contributed by atoms with Crippen molar-refractivity contribution in [1.82, 2.24) is 19.3 Å². The van der Waals surface area contributed by atoms with E-state index in [2.05, 4.69) is 22.3 Å². The number of anilines is 1. The number of nitrogens with one attached hydrogen (secondary N) is 1. The number of hydrogen-bond acceptors (Lipinski definition) is 6. The summed E-state index contributed by atoms with van der Waals surface area (Å²) in [5.41, 5.74) is 1.36. The number of hydrogen-bond donors (Lipinski definition) is 2. The molecule has 1 aliphatic carbocycles. The number of aryl methyl sites for hydroxylation is 1. The summed E-state index contributed by atoms with van der Waals surface area (Å²) in [6.07, 6.45) is 7.14. The number of fused-ring (bicyclic) bond motifs is 1. The van der Waals surface area contributed by atoms with E-state index in [1.165, 1.54) is 36.7 Å². The molecule has 0 bridgehead atoms. The second-order valence-electron chi connectivity index (χ2n) is 7.68. The molecule has 0 saturated heterocycles. The molecule has 0 radical (unpaired) electrons. The summed E-state index contributed by atoms with van der Waals surface area (Å²) < 4.78 is 27.2. The summed E-state index contributed by atoms with van der Waals surface area (Å²) in [4.78, 5) is 17.2. The largest absolute Gasteiger partial charge is 0.319 e. The molecule has 3 aromatic rings. The maximum Gasteiger partial charge on any atom is 0.238 e. The summed E-state index contributed by atoms with van der Waals surface area (Å²) in [5, 5.41) is 13.3. The molecule has 2 heterocycles. The van der Waals surface area contributed by atoms with E-state index in [1.807, 2.05) is 15.3 Å². The smallest absolute Gasteiger partial charge is 0.238 e. The van der Waals surface area contributed by atoms with Gasteiger partial charge in [-0.15, -0.1) is 0 Å². The van der Waals surface area contributed by atoms with Crippen molar-refractivity contribution in [2.24, 2.45) is 5.14 Å². The second-order valence-corrected chi connectivity index (χ2v) is 10.2. The predicted octanol–water partition coefficient (Wildman–Crippen LogP) is 3.14. The van der Waals surface area contributed by atoms with Crippen LogP contribution >= 0.6 is 11.8 Å². The SMILES string of the molecule is CCCn1c(SCC(=O)Nc2ccnn2C2CCCC2)nc2cc(S(N)(=O)=O)ccc21. The highest BCUT2D eigenvalue weighted by Crippen LogP contribution is 2.31. The Morgan fingerprint density at radius 2 is 2.06 bits per heavy atom. The molecule has 11 heteroatoms. The van der Waals surface area contributed by atoms with Gasteiger partial charge in [0.2, 0.25) is 15.9 Å². The molecule has 3 N–H and O–H groups in total. The van der Waals surface area contributed by atoms with Crippen LogP contribution in [-0.2, 0) is 21.4 Å². The standard InChI is InChI=1S/C20H26N6O3S2/c1-2-11-25-17-8-7-15(31(21,28)29)12-16(17)23-20(25)30-13-19(27)24-18-9-10-22-26(18)14-5-3-4-6-14/h7-10,12,14H,2-6,11,13H2,1H3,(H,24,27)(H2,21,28,29). The Bertz CT molecular complexity index is 1190. The number of sulfonamides is 1. The van der Waals surface area contributed by atoms with Gasteiger partial charge in [0.05, 0.1) is 33.9 Å². The minimum Gasteiger partial charge on any atom is -0.319 e. The number of nitrogens with two attached hydrogens (primary N) is 1. The fourth-order valence-corrected chi connectivity index (χ4v) is 5.35. The number of carbonyl (C=O) groups is 1. The van der Waals surface area contributed by atoms with Gasteiger partial charge in [-0.05, 0) is 37.5 Å². The third kappa shape index (κ3) is 4.78. The lowest BCUT2D eigenvalue weighted by Gasteiger charge is -2.14. The molecule has 0 aliphatic heterocycles. The fourth-order valence-electron chi connectivity index (χ4n) is 3.98. The molecule has 2 aromatic heterocycles. The first-order valence-electron chi connectivity index (χ1n) is 10.4. The Balaban J connectivity index is 1.50. The first-order valence-corrected chi connectivity index (χ1v) is 12.9. The number of imidazole rings is 1. The van der Waals surface area contributed by atoms with Gasteiger partial charge in [-0.2, -0.15) is 5.10 Å². The van der Waals surface area contributed by atoms with Crippen LogP contribution in [0.2, 0.25) is 0 Å². The lowest BCUT2D eigenvalue weighted by atomic mass is 10.2. The highest BCUT2D eigenvalue weighted by molar-refractivity contribution is 7.99. The van der Waals surface area contributed by atoms with E-state index < -0.39 is 10.0 Å². The molecular formula is C20H26N6O3S2. The highest BCUT2D eigenvalue weighted by atomic mass is 32.2. The molecule has 31 heavy (non-hydrogen) atoms. The molecule has 4 rings (SSSR count). The third-order valence-electron chi connectivity index (χ3n) is 5.40. The van der Waals surface area contributed by atoms with Crippen molar-refractivity contribution in [1.29, 1.82) is 0 Å². The first-order chi connectivity index (χ1) is 14.9. The number of aromatic nitrogens is 4. The van der Waals surface area contributed by atoms with Gasteiger partial charge in [0.15, 0.2) is 5.16 Å². The zero-order valence-corrected chi connectivity index (χ0v) is 19.0. The average molecular weight is 463 g/mol. The van der Waals surface area contributed by atoms with Gasteiger partial charge in [0.25, 0.3) is 0 Å². The Kier molecular flexibility index (Phi) is 6.35. The Labute approximate surface area is 185 Å². The van der Waals surface area contributed by atoms with Crippen LogP contribution < -0.4 is 10.5 Å². The maximum absolute atomic E-state index is 12.6. The third-order valence-corrected chi connectivity index (χ3v) is 7.29. The molecule has 9 nitrogen and oxygen atoms in total. The minimum atomic E-state index is -3.80. The van der Waals surface area contributed by atoms with E-state index in [1.54, 1.807) is 12.3 Å². The monoisotopic (exact) mass is 462 g/mol. The fraction of sp³-hybridized carbons (Fsp3) is 0.450. The van der Waals surface area contributed by atoms with E-state index >= 15 is 0 Å². The van der Waals surface area contributed by atoms with E-state index in [4.69, 9.17) is 5.14 Å². The Hall–Kier alpha value is -2.37. The maximum atomic E-state index is 12.6. The Morgan fingerprint density at radius 3 is 2.77 bits per heavy atom. The van der Waals surface area contributed by atoms with Gasteiger partial charge in [-0.3, -0.25) is 4.79 Å². The van der Waals surface area contributed by atoms with Crippen LogP contribution in [0.3, 0.4) is 0 Å². The van der Waals surface area contributed by atoms with E-state index in [0.29, 0.717) is 23.3 Å².